The summed E-state index contributed by atoms with van der Waals surface area (Å²) in [6.45, 7) is 3.75. The number of carbonyl (C=O) groups excluding carboxylic acids is 1. The van der Waals surface area contributed by atoms with Crippen LogP contribution in [0.2, 0.25) is 0 Å². The SMILES string of the molecule is Cc1cc(C(=O)CSc2nnc(C3CC3)o2)c(C)n1-c1ccc(S(N)(=O)=O)cc1. The van der Waals surface area contributed by atoms with Crippen molar-refractivity contribution >= 4 is 27.6 Å². The molecule has 3 aromatic rings. The molecule has 2 heterocycles. The Morgan fingerprint density at radius 1 is 1.24 bits per heavy atom. The van der Waals surface area contributed by atoms with Gasteiger partial charge in [0.2, 0.25) is 15.9 Å². The zero-order valence-corrected chi connectivity index (χ0v) is 17.6. The van der Waals surface area contributed by atoms with Crippen molar-refractivity contribution in [3.8, 4) is 5.69 Å². The van der Waals surface area contributed by atoms with Gasteiger partial charge in [0.25, 0.3) is 5.22 Å². The van der Waals surface area contributed by atoms with Crippen LogP contribution >= 0.6 is 11.8 Å². The second-order valence-corrected chi connectivity index (χ2v) is 9.54. The van der Waals surface area contributed by atoms with Crippen LogP contribution < -0.4 is 5.14 Å². The largest absolute Gasteiger partial charge is 0.416 e. The Labute approximate surface area is 172 Å². The lowest BCUT2D eigenvalue weighted by Crippen LogP contribution is -2.12. The molecule has 0 atom stereocenters. The Hall–Kier alpha value is -2.43. The lowest BCUT2D eigenvalue weighted by molar-refractivity contribution is 0.102. The number of carbonyl (C=O) groups is 1. The fraction of sp³-hybridized carbons (Fsp3) is 0.316. The molecule has 10 heteroatoms. The zero-order valence-electron chi connectivity index (χ0n) is 16.0. The Morgan fingerprint density at radius 3 is 2.55 bits per heavy atom. The molecule has 152 valence electrons. The first kappa shape index (κ1) is 19.9. The van der Waals surface area contributed by atoms with Crippen molar-refractivity contribution in [1.82, 2.24) is 14.8 Å². The number of hydrogen-bond donors (Lipinski definition) is 1. The van der Waals surface area contributed by atoms with Crippen LogP contribution in [-0.2, 0) is 10.0 Å². The van der Waals surface area contributed by atoms with Crippen molar-refractivity contribution < 1.29 is 17.6 Å². The molecule has 1 saturated carbocycles. The molecular weight excluding hydrogens is 412 g/mol. The van der Waals surface area contributed by atoms with Crippen LogP contribution in [0.15, 0.2) is 44.9 Å². The Bertz CT molecular complexity index is 1180. The van der Waals surface area contributed by atoms with Gasteiger partial charge < -0.3 is 8.98 Å². The van der Waals surface area contributed by atoms with Gasteiger partial charge in [-0.3, -0.25) is 4.79 Å². The van der Waals surface area contributed by atoms with E-state index in [9.17, 15) is 13.2 Å². The third-order valence-corrected chi connectivity index (χ3v) is 6.58. The summed E-state index contributed by atoms with van der Waals surface area (Å²) >= 11 is 1.23. The summed E-state index contributed by atoms with van der Waals surface area (Å²) in [7, 11) is -3.75. The lowest BCUT2D eigenvalue weighted by Gasteiger charge is -2.10. The van der Waals surface area contributed by atoms with Crippen molar-refractivity contribution in [2.45, 2.75) is 42.7 Å². The van der Waals surface area contributed by atoms with E-state index < -0.39 is 10.0 Å². The quantitative estimate of drug-likeness (QED) is 0.450. The van der Waals surface area contributed by atoms with Gasteiger partial charge in [0.05, 0.1) is 10.6 Å². The summed E-state index contributed by atoms with van der Waals surface area (Å²) in [5.41, 5.74) is 3.01. The topological polar surface area (TPSA) is 121 Å². The molecule has 0 aliphatic heterocycles. The van der Waals surface area contributed by atoms with Crippen LogP contribution in [0.25, 0.3) is 5.69 Å². The van der Waals surface area contributed by atoms with Gasteiger partial charge in [0.1, 0.15) is 0 Å². The average molecular weight is 433 g/mol. The molecule has 4 rings (SSSR count). The third-order valence-electron chi connectivity index (χ3n) is 4.83. The third kappa shape index (κ3) is 4.14. The highest BCUT2D eigenvalue weighted by Gasteiger charge is 2.29. The first-order valence-corrected chi connectivity index (χ1v) is 11.6. The van der Waals surface area contributed by atoms with E-state index >= 15 is 0 Å². The lowest BCUT2D eigenvalue weighted by atomic mass is 10.2. The molecule has 2 N–H and O–H groups in total. The van der Waals surface area contributed by atoms with Gasteiger partial charge in [-0.1, -0.05) is 11.8 Å². The molecule has 29 heavy (non-hydrogen) atoms. The number of hydrogen-bond acceptors (Lipinski definition) is 7. The van der Waals surface area contributed by atoms with E-state index in [1.807, 2.05) is 24.5 Å². The minimum absolute atomic E-state index is 0.0401. The molecule has 8 nitrogen and oxygen atoms in total. The summed E-state index contributed by atoms with van der Waals surface area (Å²) in [6.07, 6.45) is 2.16. The maximum atomic E-state index is 12.8. The highest BCUT2D eigenvalue weighted by Crippen LogP contribution is 2.39. The van der Waals surface area contributed by atoms with Crippen molar-refractivity contribution in [2.24, 2.45) is 5.14 Å². The first-order chi connectivity index (χ1) is 13.7. The number of rotatable bonds is 7. The standard InChI is InChI=1S/C19H20N4O4S2/c1-11-9-16(17(24)10-28-19-22-21-18(27-19)13-3-4-13)12(2)23(11)14-5-7-15(8-6-14)29(20,25)26/h5-9,13H,3-4,10H2,1-2H3,(H2,20,25,26). The van der Waals surface area contributed by atoms with E-state index in [0.717, 1.165) is 29.9 Å². The first-order valence-electron chi connectivity index (χ1n) is 9.05. The smallest absolute Gasteiger partial charge is 0.277 e. The Balaban J connectivity index is 1.51. The maximum absolute atomic E-state index is 12.8. The average Bonchev–Trinajstić information content (AvgIpc) is 3.34. The van der Waals surface area contributed by atoms with E-state index in [0.29, 0.717) is 22.6 Å². The van der Waals surface area contributed by atoms with E-state index in [4.69, 9.17) is 9.56 Å². The minimum Gasteiger partial charge on any atom is -0.416 e. The van der Waals surface area contributed by atoms with Gasteiger partial charge in [-0.25, -0.2) is 13.6 Å². The van der Waals surface area contributed by atoms with Crippen molar-refractivity contribution in [1.29, 1.82) is 0 Å². The molecule has 0 spiro atoms. The summed E-state index contributed by atoms with van der Waals surface area (Å²) < 4.78 is 30.4. The van der Waals surface area contributed by atoms with E-state index in [1.54, 1.807) is 12.1 Å². The fourth-order valence-corrected chi connectivity index (χ4v) is 4.37. The van der Waals surface area contributed by atoms with Crippen LogP contribution in [-0.4, -0.2) is 34.7 Å². The highest BCUT2D eigenvalue weighted by molar-refractivity contribution is 7.99. The molecule has 1 aliphatic rings. The molecule has 1 aliphatic carbocycles. The highest BCUT2D eigenvalue weighted by atomic mass is 32.2. The number of primary sulfonamides is 1. The maximum Gasteiger partial charge on any atom is 0.277 e. The number of Topliss-reactive ketones (excluding diaryl/α,β-unsaturated/α-hetero) is 1. The molecule has 2 aromatic heterocycles. The van der Waals surface area contributed by atoms with Crippen LogP contribution in [0.3, 0.4) is 0 Å². The monoisotopic (exact) mass is 432 g/mol. The van der Waals surface area contributed by atoms with Gasteiger partial charge in [0, 0.05) is 28.6 Å². The van der Waals surface area contributed by atoms with Crippen LogP contribution in [0.4, 0.5) is 0 Å². The second-order valence-electron chi connectivity index (χ2n) is 7.05. The zero-order chi connectivity index (χ0) is 20.8. The molecule has 0 bridgehead atoms. The molecule has 0 amide bonds. The number of aromatic nitrogens is 3. The molecule has 1 fully saturated rings. The van der Waals surface area contributed by atoms with E-state index in [1.165, 1.54) is 23.9 Å². The Morgan fingerprint density at radius 2 is 1.93 bits per heavy atom. The minimum atomic E-state index is -3.75. The number of thioether (sulfide) groups is 1. The summed E-state index contributed by atoms with van der Waals surface area (Å²) in [6, 6.07) is 8.07. The van der Waals surface area contributed by atoms with E-state index in [2.05, 4.69) is 10.2 Å². The van der Waals surface area contributed by atoms with Crippen molar-refractivity contribution in [3.63, 3.8) is 0 Å². The number of nitrogens with two attached hydrogens (primary N) is 1. The van der Waals surface area contributed by atoms with Gasteiger partial charge in [-0.05, 0) is 57.0 Å². The number of ketones is 1. The number of aryl methyl sites for hydroxylation is 1. The van der Waals surface area contributed by atoms with Crippen LogP contribution in [0.5, 0.6) is 0 Å². The number of sulfonamides is 1. The van der Waals surface area contributed by atoms with E-state index in [-0.39, 0.29) is 16.4 Å². The van der Waals surface area contributed by atoms with Gasteiger partial charge in [-0.2, -0.15) is 0 Å². The molecular formula is C19H20N4O4S2. The fourth-order valence-electron chi connectivity index (χ4n) is 3.21. The predicted molar refractivity (Wildman–Crippen MR) is 108 cm³/mol. The Kier molecular flexibility index (Phi) is 5.09. The number of benzene rings is 1. The second kappa shape index (κ2) is 7.43. The molecule has 0 unspecified atom stereocenters. The van der Waals surface area contributed by atoms with Crippen molar-refractivity contribution in [2.75, 3.05) is 5.75 Å². The van der Waals surface area contributed by atoms with Crippen LogP contribution in [0, 0.1) is 13.8 Å². The molecule has 0 saturated heterocycles. The summed E-state index contributed by atoms with van der Waals surface area (Å²) in [4.78, 5) is 12.8. The number of nitrogens with zero attached hydrogens (tertiary/aromatic N) is 3. The summed E-state index contributed by atoms with van der Waals surface area (Å²) in [5, 5.41) is 13.6. The van der Waals surface area contributed by atoms with Crippen molar-refractivity contribution in [3.05, 3.63) is 53.2 Å². The molecule has 0 radical (unpaired) electrons. The normalized spacial score (nSPS) is 14.3. The molecule has 1 aromatic carbocycles. The van der Waals surface area contributed by atoms with Crippen LogP contribution in [0.1, 0.15) is 46.4 Å². The van der Waals surface area contributed by atoms with Gasteiger partial charge >= 0.3 is 0 Å². The van der Waals surface area contributed by atoms with Gasteiger partial charge in [-0.15, -0.1) is 10.2 Å². The van der Waals surface area contributed by atoms with Gasteiger partial charge in [0.15, 0.2) is 5.78 Å². The summed E-state index contributed by atoms with van der Waals surface area (Å²) in [5.74, 6) is 1.19. The predicted octanol–water partition coefficient (Wildman–Crippen LogP) is 2.98.